The molecule has 0 spiro atoms. The zero-order valence-corrected chi connectivity index (χ0v) is 19.0. The van der Waals surface area contributed by atoms with E-state index in [1.165, 1.54) is 0 Å². The third-order valence-corrected chi connectivity index (χ3v) is 5.53. The number of rotatable bonds is 6. The molecule has 0 bridgehead atoms. The van der Waals surface area contributed by atoms with E-state index in [1.807, 2.05) is 38.4 Å². The molecule has 2 heterocycles. The fourth-order valence-corrected chi connectivity index (χ4v) is 3.51. The Morgan fingerprint density at radius 3 is 2.73 bits per heavy atom. The Balaban J connectivity index is 1.62. The topological polar surface area (TPSA) is 129 Å². The summed E-state index contributed by atoms with van der Waals surface area (Å²) >= 11 is 0. The van der Waals surface area contributed by atoms with E-state index < -0.39 is 10.6 Å². The maximum absolute atomic E-state index is 11.3. The van der Waals surface area contributed by atoms with E-state index in [0.717, 1.165) is 16.5 Å². The standard InChI is InChI=1S/C23H23N7O2S/c1-15(14-31)26-22-17(5-3-16-4-6-18-13-30(2)29-21(18)11-16)12-25-23(28-22)27-19-7-9-20(10-8-19)33(24)32/h4,6-13,15,24,31,33H,14H2,1-2H3,(H2,25,26,27,28)/t15-/m1/s1. The number of aliphatic hydroxyl groups excluding tert-OH is 1. The lowest BCUT2D eigenvalue weighted by Crippen LogP contribution is -2.21. The van der Waals surface area contributed by atoms with E-state index in [1.54, 1.807) is 35.1 Å². The van der Waals surface area contributed by atoms with E-state index in [2.05, 4.69) is 37.5 Å². The second-order valence-electron chi connectivity index (χ2n) is 7.48. The Morgan fingerprint density at radius 1 is 1.21 bits per heavy atom. The maximum Gasteiger partial charge on any atom is 0.229 e. The average molecular weight is 462 g/mol. The molecule has 0 radical (unpaired) electrons. The number of aromatic nitrogens is 4. The molecule has 0 saturated carbocycles. The summed E-state index contributed by atoms with van der Waals surface area (Å²) in [6.07, 6.45) is 3.56. The molecule has 0 fully saturated rings. The van der Waals surface area contributed by atoms with Gasteiger partial charge in [0.05, 0.1) is 34.5 Å². The van der Waals surface area contributed by atoms with Crippen LogP contribution in [0.3, 0.4) is 0 Å². The first-order valence-electron chi connectivity index (χ1n) is 10.2. The van der Waals surface area contributed by atoms with Crippen LogP contribution in [0.4, 0.5) is 17.5 Å². The van der Waals surface area contributed by atoms with Crippen LogP contribution in [0, 0.1) is 16.6 Å². The third kappa shape index (κ3) is 5.46. The fraction of sp³-hybridized carbons (Fsp3) is 0.174. The normalized spacial score (nSPS) is 12.6. The average Bonchev–Trinajstić information content (AvgIpc) is 3.18. The SMILES string of the molecule is C[C@H](CO)Nc1nc(Nc2ccc([SH](=N)=O)cc2)ncc1C#Cc1ccc2cn(C)nc2c1. The van der Waals surface area contributed by atoms with Crippen LogP contribution in [0.25, 0.3) is 10.9 Å². The van der Waals surface area contributed by atoms with Gasteiger partial charge in [-0.15, -0.1) is 0 Å². The highest BCUT2D eigenvalue weighted by molar-refractivity contribution is 7.73. The van der Waals surface area contributed by atoms with E-state index in [9.17, 15) is 9.32 Å². The monoisotopic (exact) mass is 461 g/mol. The van der Waals surface area contributed by atoms with Gasteiger partial charge in [-0.2, -0.15) is 10.1 Å². The molecule has 0 amide bonds. The number of anilines is 3. The van der Waals surface area contributed by atoms with Crippen molar-refractivity contribution in [3.05, 3.63) is 66.0 Å². The molecule has 2 aromatic heterocycles. The minimum atomic E-state index is -2.13. The highest BCUT2D eigenvalue weighted by Crippen LogP contribution is 2.19. The van der Waals surface area contributed by atoms with Crippen LogP contribution < -0.4 is 10.6 Å². The van der Waals surface area contributed by atoms with Gasteiger partial charge in [0, 0.05) is 40.8 Å². The number of nitrogens with one attached hydrogen (secondary N) is 3. The molecule has 0 saturated heterocycles. The fourth-order valence-electron chi connectivity index (χ4n) is 3.09. The lowest BCUT2D eigenvalue weighted by atomic mass is 10.1. The Morgan fingerprint density at radius 2 is 2.00 bits per heavy atom. The molecule has 4 rings (SSSR count). The first-order valence-corrected chi connectivity index (χ1v) is 11.4. The van der Waals surface area contributed by atoms with Gasteiger partial charge in [-0.1, -0.05) is 11.8 Å². The highest BCUT2D eigenvalue weighted by atomic mass is 32.2. The summed E-state index contributed by atoms with van der Waals surface area (Å²) < 4.78 is 20.4. The van der Waals surface area contributed by atoms with Gasteiger partial charge in [-0.05, 0) is 49.4 Å². The van der Waals surface area contributed by atoms with E-state index >= 15 is 0 Å². The van der Waals surface area contributed by atoms with Crippen molar-refractivity contribution in [3.63, 3.8) is 0 Å². The summed E-state index contributed by atoms with van der Waals surface area (Å²) in [5.74, 6) is 7.07. The molecule has 2 atom stereocenters. The predicted octanol–water partition coefficient (Wildman–Crippen LogP) is 2.90. The molecule has 4 aromatic rings. The number of fused-ring (bicyclic) bond motifs is 1. The smallest absolute Gasteiger partial charge is 0.229 e. The second kappa shape index (κ2) is 9.68. The van der Waals surface area contributed by atoms with Gasteiger partial charge in [-0.25, -0.2) is 9.19 Å². The Bertz CT molecular complexity index is 1420. The minimum Gasteiger partial charge on any atom is -0.394 e. The van der Waals surface area contributed by atoms with E-state index in [-0.39, 0.29) is 12.6 Å². The van der Waals surface area contributed by atoms with Crippen LogP contribution in [0.15, 0.2) is 59.8 Å². The van der Waals surface area contributed by atoms with Crippen molar-refractivity contribution in [3.8, 4) is 11.8 Å². The number of aryl methyl sites for hydroxylation is 1. The molecule has 1 unspecified atom stereocenters. The van der Waals surface area contributed by atoms with Crippen LogP contribution in [-0.2, 0) is 17.6 Å². The van der Waals surface area contributed by atoms with Gasteiger partial charge in [0.15, 0.2) is 0 Å². The number of nitrogens with zero attached hydrogens (tertiary/aromatic N) is 4. The number of aliphatic hydroxyl groups is 1. The summed E-state index contributed by atoms with van der Waals surface area (Å²) in [5, 5.41) is 21.2. The first-order chi connectivity index (χ1) is 15.9. The largest absolute Gasteiger partial charge is 0.394 e. The predicted molar refractivity (Wildman–Crippen MR) is 129 cm³/mol. The summed E-state index contributed by atoms with van der Waals surface area (Å²) in [6.45, 7) is 1.77. The molecule has 0 aliphatic rings. The number of benzene rings is 2. The molecule has 9 nitrogen and oxygen atoms in total. The molecule has 10 heteroatoms. The van der Waals surface area contributed by atoms with Crippen molar-refractivity contribution in [2.45, 2.75) is 17.9 Å². The van der Waals surface area contributed by atoms with Crippen molar-refractivity contribution < 1.29 is 9.32 Å². The molecule has 4 N–H and O–H groups in total. The summed E-state index contributed by atoms with van der Waals surface area (Å²) in [4.78, 5) is 9.32. The summed E-state index contributed by atoms with van der Waals surface area (Å²) in [7, 11) is -0.256. The molecular weight excluding hydrogens is 438 g/mol. The summed E-state index contributed by atoms with van der Waals surface area (Å²) in [6, 6.07) is 12.3. The third-order valence-electron chi connectivity index (χ3n) is 4.77. The van der Waals surface area contributed by atoms with Gasteiger partial charge in [0.2, 0.25) is 5.95 Å². The second-order valence-corrected chi connectivity index (χ2v) is 8.58. The van der Waals surface area contributed by atoms with Gasteiger partial charge < -0.3 is 15.7 Å². The molecule has 0 aliphatic heterocycles. The lowest BCUT2D eigenvalue weighted by molar-refractivity contribution is 0.281. The van der Waals surface area contributed by atoms with Gasteiger partial charge in [-0.3, -0.25) is 9.46 Å². The van der Waals surface area contributed by atoms with Crippen LogP contribution in [0.5, 0.6) is 0 Å². The van der Waals surface area contributed by atoms with Crippen LogP contribution >= 0.6 is 0 Å². The van der Waals surface area contributed by atoms with Gasteiger partial charge in [0.1, 0.15) is 5.82 Å². The Labute approximate surface area is 192 Å². The Kier molecular flexibility index (Phi) is 6.53. The zero-order chi connectivity index (χ0) is 23.4. The first kappa shape index (κ1) is 22.3. The van der Waals surface area contributed by atoms with Crippen LogP contribution in [0.2, 0.25) is 0 Å². The van der Waals surface area contributed by atoms with E-state index in [0.29, 0.717) is 27.9 Å². The highest BCUT2D eigenvalue weighted by Gasteiger charge is 2.09. The van der Waals surface area contributed by atoms with Gasteiger partial charge in [0.25, 0.3) is 0 Å². The van der Waals surface area contributed by atoms with Gasteiger partial charge >= 0.3 is 0 Å². The quantitative estimate of drug-likeness (QED) is 0.221. The van der Waals surface area contributed by atoms with Crippen molar-refractivity contribution in [2.24, 2.45) is 7.05 Å². The van der Waals surface area contributed by atoms with Crippen molar-refractivity contribution in [1.29, 1.82) is 4.78 Å². The summed E-state index contributed by atoms with van der Waals surface area (Å²) in [5.41, 5.74) is 2.97. The Hall–Kier alpha value is -3.94. The minimum absolute atomic E-state index is 0.0667. The molecule has 0 aliphatic carbocycles. The van der Waals surface area contributed by atoms with E-state index in [4.69, 9.17) is 4.78 Å². The number of hydrogen-bond donors (Lipinski definition) is 5. The van der Waals surface area contributed by atoms with Crippen LogP contribution in [-0.4, -0.2) is 41.7 Å². The lowest BCUT2D eigenvalue weighted by Gasteiger charge is -2.14. The number of thiol groups is 1. The number of hydrogen-bond acceptors (Lipinski definition) is 8. The molecular formula is C23H23N7O2S. The van der Waals surface area contributed by atoms with Crippen molar-refractivity contribution >= 4 is 39.0 Å². The van der Waals surface area contributed by atoms with Crippen LogP contribution in [0.1, 0.15) is 18.1 Å². The van der Waals surface area contributed by atoms with Crippen molar-refractivity contribution in [2.75, 3.05) is 17.2 Å². The molecule has 168 valence electrons. The zero-order valence-electron chi connectivity index (χ0n) is 18.1. The molecule has 33 heavy (non-hydrogen) atoms. The maximum atomic E-state index is 11.3. The van der Waals surface area contributed by atoms with Crippen molar-refractivity contribution in [1.82, 2.24) is 19.7 Å². The molecule has 2 aromatic carbocycles.